The Morgan fingerprint density at radius 3 is 2.64 bits per heavy atom. The number of hydrogen-bond acceptors (Lipinski definition) is 10. The van der Waals surface area contributed by atoms with Crippen LogP contribution in [0, 0.1) is 17.0 Å². The van der Waals surface area contributed by atoms with Crippen LogP contribution in [0.25, 0.3) is 11.3 Å². The molecule has 12 nitrogen and oxygen atoms in total. The number of alkyl carbamates (subject to hydrolysis) is 1. The van der Waals surface area contributed by atoms with Crippen LogP contribution in [-0.4, -0.2) is 56.8 Å². The molecule has 1 atom stereocenters. The summed E-state index contributed by atoms with van der Waals surface area (Å²) < 4.78 is 38.6. The number of nitrogens with zero attached hydrogens (tertiary/aromatic N) is 4. The number of alkyl halides is 3. The first-order valence-corrected chi connectivity index (χ1v) is 11.3. The molecule has 1 aromatic carbocycles. The minimum absolute atomic E-state index is 0.0253. The van der Waals surface area contributed by atoms with E-state index in [9.17, 15) is 28.5 Å². The van der Waals surface area contributed by atoms with Gasteiger partial charge in [-0.1, -0.05) is 12.1 Å². The minimum atomic E-state index is -3.92. The van der Waals surface area contributed by atoms with Crippen LogP contribution in [0.2, 0.25) is 0 Å². The Balaban J connectivity index is 1.61. The molecule has 192 valence electrons. The van der Waals surface area contributed by atoms with Crippen molar-refractivity contribution in [1.29, 1.82) is 0 Å². The fraction of sp³-hybridized carbons (Fsp3) is 0.300. The Hall–Kier alpha value is -3.85. The summed E-state index contributed by atoms with van der Waals surface area (Å²) in [6, 6.07) is 6.28. The number of anilines is 1. The van der Waals surface area contributed by atoms with Gasteiger partial charge in [-0.25, -0.2) is 24.1 Å². The van der Waals surface area contributed by atoms with Crippen molar-refractivity contribution in [2.45, 2.75) is 25.0 Å². The van der Waals surface area contributed by atoms with Crippen molar-refractivity contribution >= 4 is 45.9 Å². The maximum Gasteiger partial charge on any atom is 0.409 e. The van der Waals surface area contributed by atoms with Crippen molar-refractivity contribution in [2.75, 3.05) is 19.0 Å². The van der Waals surface area contributed by atoms with E-state index in [1.807, 2.05) is 5.32 Å². The van der Waals surface area contributed by atoms with Crippen LogP contribution in [0.1, 0.15) is 16.2 Å². The number of thiazole rings is 1. The molecule has 0 fully saturated rings. The lowest BCUT2D eigenvalue weighted by Crippen LogP contribution is -2.50. The molecule has 3 aromatic rings. The molecule has 0 saturated heterocycles. The number of methoxy groups -OCH3 is 1. The summed E-state index contributed by atoms with van der Waals surface area (Å²) in [4.78, 5) is 42.0. The van der Waals surface area contributed by atoms with Gasteiger partial charge in [-0.05, 0) is 28.7 Å². The Kier molecular flexibility index (Phi) is 8.37. The highest BCUT2D eigenvalue weighted by Gasteiger charge is 2.39. The average Bonchev–Trinajstić information content (AvgIpc) is 3.44. The maximum atomic E-state index is 13.9. The molecule has 2 N–H and O–H groups in total. The van der Waals surface area contributed by atoms with E-state index in [0.717, 1.165) is 17.5 Å². The number of halogens is 3. The molecule has 16 heteroatoms. The number of carbonyl (C=O) groups is 2. The van der Waals surface area contributed by atoms with Crippen molar-refractivity contribution in [1.82, 2.24) is 19.9 Å². The number of imidazole rings is 1. The van der Waals surface area contributed by atoms with Crippen molar-refractivity contribution in [3.8, 4) is 11.3 Å². The van der Waals surface area contributed by atoms with E-state index >= 15 is 0 Å². The zero-order valence-electron chi connectivity index (χ0n) is 18.7. The fourth-order valence-electron chi connectivity index (χ4n) is 2.96. The molecule has 2 heterocycles. The first-order chi connectivity index (χ1) is 17.0. The molecule has 1 amide bonds. The number of nitrogens with one attached hydrogen (secondary N) is 2. The van der Waals surface area contributed by atoms with Crippen LogP contribution in [-0.2, 0) is 16.0 Å². The minimum Gasteiger partial charge on any atom is -0.465 e. The first kappa shape index (κ1) is 26.7. The second kappa shape index (κ2) is 11.3. The number of aryl methyl sites for hydroxylation is 1. The van der Waals surface area contributed by atoms with Gasteiger partial charge >= 0.3 is 23.3 Å². The monoisotopic (exact) mass is 544 g/mol. The molecule has 36 heavy (non-hydrogen) atoms. The largest absolute Gasteiger partial charge is 0.465 e. The number of ether oxygens (including phenoxy) is 2. The predicted molar refractivity (Wildman–Crippen MR) is 125 cm³/mol. The van der Waals surface area contributed by atoms with Gasteiger partial charge in [-0.2, -0.15) is 8.78 Å². The highest BCUT2D eigenvalue weighted by atomic mass is 35.5. The van der Waals surface area contributed by atoms with Crippen LogP contribution in [0.5, 0.6) is 0 Å². The van der Waals surface area contributed by atoms with Gasteiger partial charge in [0, 0.05) is 17.9 Å². The van der Waals surface area contributed by atoms with Gasteiger partial charge in [0.15, 0.2) is 17.1 Å². The summed E-state index contributed by atoms with van der Waals surface area (Å²) in [5.74, 6) is -0.495. The third kappa shape index (κ3) is 6.63. The number of carbonyl (C=O) groups excluding carboxylic acids is 2. The average molecular weight is 545 g/mol. The van der Waals surface area contributed by atoms with Crippen molar-refractivity contribution in [3.63, 3.8) is 0 Å². The van der Waals surface area contributed by atoms with Crippen molar-refractivity contribution in [2.24, 2.45) is 0 Å². The molecular formula is C20H19ClF2N6O6S. The molecular weight excluding hydrogens is 526 g/mol. The summed E-state index contributed by atoms with van der Waals surface area (Å²) in [6.45, 7) is 1.06. The normalized spacial score (nSPS) is 12.0. The summed E-state index contributed by atoms with van der Waals surface area (Å²) in [5, 5.41) is 13.0. The predicted octanol–water partition coefficient (Wildman–Crippen LogP) is 4.01. The Morgan fingerprint density at radius 2 is 2.03 bits per heavy atom. The van der Waals surface area contributed by atoms with E-state index in [2.05, 4.69) is 20.0 Å². The molecule has 0 radical (unpaired) electrons. The van der Waals surface area contributed by atoms with Gasteiger partial charge < -0.3 is 24.9 Å². The Labute approximate surface area is 211 Å². The van der Waals surface area contributed by atoms with E-state index in [1.165, 1.54) is 30.7 Å². The van der Waals surface area contributed by atoms with E-state index < -0.39 is 28.5 Å². The second-order valence-corrected chi connectivity index (χ2v) is 8.44. The van der Waals surface area contributed by atoms with Gasteiger partial charge in [-0.3, -0.25) is 5.32 Å². The number of hydrogen-bond donors (Lipinski definition) is 2. The van der Waals surface area contributed by atoms with Gasteiger partial charge in [0.1, 0.15) is 19.3 Å². The number of aromatic nitrogens is 3. The van der Waals surface area contributed by atoms with Gasteiger partial charge in [0.2, 0.25) is 0 Å². The number of nitro groups is 1. The topological polar surface area (TPSA) is 151 Å². The van der Waals surface area contributed by atoms with Gasteiger partial charge in [0.25, 0.3) is 0 Å². The lowest BCUT2D eigenvalue weighted by molar-refractivity contribution is -0.392. The molecule has 3 rings (SSSR count). The van der Waals surface area contributed by atoms with Gasteiger partial charge in [-0.15, -0.1) is 11.3 Å². The fourth-order valence-corrected chi connectivity index (χ4v) is 3.82. The maximum absolute atomic E-state index is 13.9. The zero-order chi connectivity index (χ0) is 26.5. The molecule has 0 bridgehead atoms. The molecule has 0 aliphatic heterocycles. The van der Waals surface area contributed by atoms with Crippen molar-refractivity contribution < 1.29 is 32.8 Å². The zero-order valence-corrected chi connectivity index (χ0v) is 20.3. The van der Waals surface area contributed by atoms with Gasteiger partial charge in [0.05, 0.1) is 18.4 Å². The van der Waals surface area contributed by atoms with Crippen LogP contribution >= 0.6 is 22.9 Å². The molecule has 0 aliphatic rings. The van der Waals surface area contributed by atoms with Crippen LogP contribution in [0.3, 0.4) is 0 Å². The first-order valence-electron chi connectivity index (χ1n) is 10.1. The highest BCUT2D eigenvalue weighted by molar-refractivity contribution is 7.14. The van der Waals surface area contributed by atoms with E-state index in [0.29, 0.717) is 22.6 Å². The van der Waals surface area contributed by atoms with E-state index in [4.69, 9.17) is 16.3 Å². The summed E-state index contributed by atoms with van der Waals surface area (Å²) in [7, 11) is 1.26. The van der Waals surface area contributed by atoms with E-state index in [-0.39, 0.29) is 24.1 Å². The van der Waals surface area contributed by atoms with Crippen LogP contribution in [0.4, 0.5) is 24.5 Å². The summed E-state index contributed by atoms with van der Waals surface area (Å²) in [6.07, 6.45) is -2.26. The second-order valence-electron chi connectivity index (χ2n) is 7.08. The quantitative estimate of drug-likeness (QED) is 0.127. The summed E-state index contributed by atoms with van der Waals surface area (Å²) >= 11 is 6.13. The van der Waals surface area contributed by atoms with Crippen LogP contribution in [0.15, 0.2) is 35.8 Å². The molecule has 0 aliphatic carbocycles. The highest BCUT2D eigenvalue weighted by Crippen LogP contribution is 2.29. The molecule has 2 aromatic heterocycles. The Morgan fingerprint density at radius 1 is 1.33 bits per heavy atom. The lowest BCUT2D eigenvalue weighted by atomic mass is 10.1. The number of amides is 1. The molecule has 0 spiro atoms. The van der Waals surface area contributed by atoms with E-state index in [1.54, 1.807) is 17.5 Å². The third-order valence-electron chi connectivity index (χ3n) is 4.73. The SMILES string of the molecule is COC(=O)c1ccc(-c2csc(NC(NC(=O)OCCn3c([N+](=O)[O-])cnc3C)C(F)(F)Cl)n2)cc1. The number of benzene rings is 1. The Bertz CT molecular complexity index is 1250. The molecule has 0 saturated carbocycles. The van der Waals surface area contributed by atoms with Crippen molar-refractivity contribution in [3.05, 3.63) is 57.3 Å². The number of esters is 1. The standard InChI is InChI=1S/C20H19ClF2N6O6S/c1-11-24-9-15(29(32)33)28(11)7-8-35-19(31)27-17(20(21,22)23)26-18-25-14(10-36-18)12-3-5-13(6-4-12)16(30)34-2/h3-6,9-10,17H,7-8H2,1-2H3,(H,25,26)(H,27,31). The molecule has 1 unspecified atom stereocenters. The number of rotatable bonds is 10. The third-order valence-corrected chi connectivity index (χ3v) is 5.72. The lowest BCUT2D eigenvalue weighted by Gasteiger charge is -2.23. The van der Waals surface area contributed by atoms with Crippen LogP contribution < -0.4 is 10.6 Å². The summed E-state index contributed by atoms with van der Waals surface area (Å²) in [5.41, 5.74) is 1.37. The smallest absolute Gasteiger partial charge is 0.409 e.